The van der Waals surface area contributed by atoms with E-state index in [9.17, 15) is 23.7 Å². The Hall–Kier alpha value is -2.56. The third kappa shape index (κ3) is 2.40. The van der Waals surface area contributed by atoms with Crippen LogP contribution in [0.5, 0.6) is 0 Å². The van der Waals surface area contributed by atoms with Crippen LogP contribution >= 0.6 is 0 Å². The quantitative estimate of drug-likeness (QED) is 0.469. The minimum Gasteiger partial charge on any atom is -0.465 e. The lowest BCUT2D eigenvalue weighted by Gasteiger charge is -2.06. The topological polar surface area (TPSA) is 93.2 Å². The lowest BCUT2D eigenvalue weighted by atomic mass is 10.0. The molecule has 0 aliphatic heterocycles. The van der Waals surface area contributed by atoms with Gasteiger partial charge in [0.05, 0.1) is 12.0 Å². The molecule has 0 N–H and O–H groups in total. The summed E-state index contributed by atoms with van der Waals surface area (Å²) in [4.78, 5) is 21.1. The van der Waals surface area contributed by atoms with E-state index >= 15 is 0 Å². The first kappa shape index (κ1) is 13.5. The standard InChI is InChI=1S/C10H6F2N2O4/c1-18-10(15)7-3-5(9(11)12)2-6(4-13)8(7)14(16)17/h2-3,9H,1H3. The van der Waals surface area contributed by atoms with Crippen molar-refractivity contribution in [1.82, 2.24) is 0 Å². The fourth-order valence-electron chi connectivity index (χ4n) is 1.33. The number of rotatable bonds is 3. The summed E-state index contributed by atoms with van der Waals surface area (Å²) in [5, 5.41) is 19.5. The Balaban J connectivity index is 3.63. The molecule has 0 spiro atoms. The van der Waals surface area contributed by atoms with E-state index in [2.05, 4.69) is 4.74 Å². The van der Waals surface area contributed by atoms with Crippen molar-refractivity contribution < 1.29 is 23.2 Å². The number of carbonyl (C=O) groups excluding carboxylic acids is 1. The number of carbonyl (C=O) groups is 1. The number of halogens is 2. The van der Waals surface area contributed by atoms with Crippen LogP contribution in [-0.2, 0) is 4.74 Å². The second-order valence-electron chi connectivity index (χ2n) is 3.13. The number of ether oxygens (including phenoxy) is 1. The van der Waals surface area contributed by atoms with Gasteiger partial charge >= 0.3 is 11.7 Å². The molecular weight excluding hydrogens is 250 g/mol. The molecule has 18 heavy (non-hydrogen) atoms. The van der Waals surface area contributed by atoms with Crippen molar-refractivity contribution in [3.63, 3.8) is 0 Å². The molecular formula is C10H6F2N2O4. The largest absolute Gasteiger partial charge is 0.465 e. The summed E-state index contributed by atoms with van der Waals surface area (Å²) >= 11 is 0. The highest BCUT2D eigenvalue weighted by Crippen LogP contribution is 2.30. The average molecular weight is 256 g/mol. The SMILES string of the molecule is COC(=O)c1cc(C(F)F)cc(C#N)c1[N+](=O)[O-]. The number of alkyl halides is 2. The van der Waals surface area contributed by atoms with Crippen LogP contribution in [0.15, 0.2) is 12.1 Å². The van der Waals surface area contributed by atoms with Crippen LogP contribution < -0.4 is 0 Å². The number of hydrogen-bond acceptors (Lipinski definition) is 5. The average Bonchev–Trinajstić information content (AvgIpc) is 2.35. The van der Waals surface area contributed by atoms with Gasteiger partial charge in [-0.15, -0.1) is 0 Å². The van der Waals surface area contributed by atoms with E-state index in [0.29, 0.717) is 12.1 Å². The number of nitro groups is 1. The normalized spacial score (nSPS) is 9.94. The number of nitriles is 1. The number of nitrogens with zero attached hydrogens (tertiary/aromatic N) is 2. The van der Waals surface area contributed by atoms with Gasteiger partial charge in [0.25, 0.3) is 6.43 Å². The van der Waals surface area contributed by atoms with Crippen LogP contribution in [0.2, 0.25) is 0 Å². The molecule has 6 nitrogen and oxygen atoms in total. The molecule has 0 heterocycles. The highest BCUT2D eigenvalue weighted by Gasteiger charge is 2.28. The number of methoxy groups -OCH3 is 1. The Morgan fingerprint density at radius 2 is 2.17 bits per heavy atom. The van der Waals surface area contributed by atoms with Crippen molar-refractivity contribution in [1.29, 1.82) is 5.26 Å². The van der Waals surface area contributed by atoms with Crippen LogP contribution in [0.25, 0.3) is 0 Å². The first-order valence-electron chi connectivity index (χ1n) is 4.51. The molecule has 0 saturated carbocycles. The van der Waals surface area contributed by atoms with E-state index < -0.39 is 39.7 Å². The van der Waals surface area contributed by atoms with Gasteiger partial charge in [0.15, 0.2) is 0 Å². The van der Waals surface area contributed by atoms with Crippen molar-refractivity contribution >= 4 is 11.7 Å². The summed E-state index contributed by atoms with van der Waals surface area (Å²) in [5.41, 5.74) is -2.78. The fourth-order valence-corrected chi connectivity index (χ4v) is 1.33. The second-order valence-corrected chi connectivity index (χ2v) is 3.13. The van der Waals surface area contributed by atoms with E-state index in [-0.39, 0.29) is 0 Å². The number of nitro benzene ring substituents is 1. The van der Waals surface area contributed by atoms with Gasteiger partial charge in [0.2, 0.25) is 0 Å². The fraction of sp³-hybridized carbons (Fsp3) is 0.200. The van der Waals surface area contributed by atoms with Crippen molar-refractivity contribution in [2.45, 2.75) is 6.43 Å². The molecule has 8 heteroatoms. The predicted molar refractivity (Wildman–Crippen MR) is 54.1 cm³/mol. The highest BCUT2D eigenvalue weighted by molar-refractivity contribution is 5.95. The molecule has 0 fully saturated rings. The van der Waals surface area contributed by atoms with Crippen molar-refractivity contribution in [3.8, 4) is 6.07 Å². The Kier molecular flexibility index (Phi) is 3.89. The third-order valence-corrected chi connectivity index (χ3v) is 2.09. The molecule has 1 rings (SSSR count). The van der Waals surface area contributed by atoms with Gasteiger partial charge in [-0.1, -0.05) is 0 Å². The summed E-state index contributed by atoms with van der Waals surface area (Å²) < 4.78 is 29.3. The van der Waals surface area contributed by atoms with Crippen LogP contribution in [-0.4, -0.2) is 18.0 Å². The van der Waals surface area contributed by atoms with Gasteiger partial charge in [-0.05, 0) is 12.1 Å². The van der Waals surface area contributed by atoms with Crippen molar-refractivity contribution in [2.24, 2.45) is 0 Å². The Morgan fingerprint density at radius 1 is 1.56 bits per heavy atom. The van der Waals surface area contributed by atoms with Gasteiger partial charge in [-0.25, -0.2) is 13.6 Å². The van der Waals surface area contributed by atoms with E-state index in [1.165, 1.54) is 6.07 Å². The summed E-state index contributed by atoms with van der Waals surface area (Å²) in [6.07, 6.45) is -2.96. The molecule has 1 aromatic carbocycles. The smallest absolute Gasteiger partial charge is 0.344 e. The molecule has 0 saturated heterocycles. The molecule has 0 aliphatic rings. The summed E-state index contributed by atoms with van der Waals surface area (Å²) in [6.45, 7) is 0. The van der Waals surface area contributed by atoms with Crippen molar-refractivity contribution in [3.05, 3.63) is 38.9 Å². The second kappa shape index (κ2) is 5.18. The van der Waals surface area contributed by atoms with E-state index in [1.54, 1.807) is 0 Å². The Bertz CT molecular complexity index is 552. The van der Waals surface area contributed by atoms with Gasteiger partial charge in [-0.2, -0.15) is 5.26 Å². The lowest BCUT2D eigenvalue weighted by molar-refractivity contribution is -0.385. The zero-order chi connectivity index (χ0) is 13.9. The zero-order valence-corrected chi connectivity index (χ0v) is 9.02. The van der Waals surface area contributed by atoms with E-state index in [4.69, 9.17) is 5.26 Å². The maximum absolute atomic E-state index is 12.5. The molecule has 0 bridgehead atoms. The lowest BCUT2D eigenvalue weighted by Crippen LogP contribution is -2.08. The van der Waals surface area contributed by atoms with Gasteiger partial charge in [0, 0.05) is 5.56 Å². The zero-order valence-electron chi connectivity index (χ0n) is 9.02. The summed E-state index contributed by atoms with van der Waals surface area (Å²) in [6, 6.07) is 2.73. The van der Waals surface area contributed by atoms with Crippen LogP contribution in [0.3, 0.4) is 0 Å². The van der Waals surface area contributed by atoms with Crippen molar-refractivity contribution in [2.75, 3.05) is 7.11 Å². The van der Waals surface area contributed by atoms with Crippen LogP contribution in [0.1, 0.15) is 27.9 Å². The minimum absolute atomic E-state index is 0.613. The number of esters is 1. The molecule has 0 aromatic heterocycles. The number of benzene rings is 1. The molecule has 0 unspecified atom stereocenters. The van der Waals surface area contributed by atoms with Gasteiger partial charge in [0.1, 0.15) is 17.2 Å². The Morgan fingerprint density at radius 3 is 2.56 bits per heavy atom. The minimum atomic E-state index is -2.96. The van der Waals surface area contributed by atoms with E-state index in [0.717, 1.165) is 7.11 Å². The molecule has 0 aliphatic carbocycles. The highest BCUT2D eigenvalue weighted by atomic mass is 19.3. The molecule has 94 valence electrons. The maximum Gasteiger partial charge on any atom is 0.344 e. The summed E-state index contributed by atoms with van der Waals surface area (Å²) in [5.74, 6) is -1.15. The van der Waals surface area contributed by atoms with Gasteiger partial charge in [-0.3, -0.25) is 10.1 Å². The van der Waals surface area contributed by atoms with Crippen LogP contribution in [0.4, 0.5) is 14.5 Å². The van der Waals surface area contributed by atoms with E-state index in [1.807, 2.05) is 0 Å². The third-order valence-electron chi connectivity index (χ3n) is 2.09. The maximum atomic E-state index is 12.5. The molecule has 1 aromatic rings. The summed E-state index contributed by atoms with van der Waals surface area (Å²) in [7, 11) is 0.952. The first-order chi connectivity index (χ1) is 8.42. The van der Waals surface area contributed by atoms with Gasteiger partial charge < -0.3 is 4.74 Å². The molecule has 0 atom stereocenters. The Labute approximate surface area is 99.5 Å². The first-order valence-corrected chi connectivity index (χ1v) is 4.51. The predicted octanol–water partition coefficient (Wildman–Crippen LogP) is 2.19. The number of hydrogen-bond donors (Lipinski definition) is 0. The monoisotopic (exact) mass is 256 g/mol. The van der Waals surface area contributed by atoms with Crippen LogP contribution in [0, 0.1) is 21.4 Å². The molecule has 0 radical (unpaired) electrons. The molecule has 0 amide bonds.